The lowest BCUT2D eigenvalue weighted by Gasteiger charge is -2.25. The summed E-state index contributed by atoms with van der Waals surface area (Å²) in [6, 6.07) is 6.23. The van der Waals surface area contributed by atoms with Crippen molar-refractivity contribution in [1.29, 1.82) is 0 Å². The van der Waals surface area contributed by atoms with E-state index >= 15 is 0 Å². The summed E-state index contributed by atoms with van der Waals surface area (Å²) in [5, 5.41) is 0.785. The van der Waals surface area contributed by atoms with Gasteiger partial charge in [0.1, 0.15) is 0 Å². The van der Waals surface area contributed by atoms with Crippen molar-refractivity contribution in [2.24, 2.45) is 5.73 Å². The van der Waals surface area contributed by atoms with Crippen LogP contribution in [0, 0.1) is 0 Å². The lowest BCUT2D eigenvalue weighted by molar-refractivity contribution is 0.678. The molecule has 2 nitrogen and oxygen atoms in total. The van der Waals surface area contributed by atoms with Gasteiger partial charge in [-0.3, -0.25) is 0 Å². The quantitative estimate of drug-likeness (QED) is 0.765. The smallest absolute Gasteiger partial charge is 0.0471 e. The largest absolute Gasteiger partial charge is 0.371 e. The van der Waals surface area contributed by atoms with Gasteiger partial charge in [0, 0.05) is 30.3 Å². The molecule has 0 unspecified atom stereocenters. The summed E-state index contributed by atoms with van der Waals surface area (Å²) in [6.45, 7) is 7.16. The Morgan fingerprint density at radius 2 is 1.72 bits per heavy atom. The average Bonchev–Trinajstić information content (AvgIpc) is 2.39. The van der Waals surface area contributed by atoms with Crippen molar-refractivity contribution in [3.05, 3.63) is 28.8 Å². The second-order valence-corrected chi connectivity index (χ2v) is 5.08. The first-order valence-corrected chi connectivity index (χ1v) is 7.34. The number of halogens is 1. The summed E-state index contributed by atoms with van der Waals surface area (Å²) in [5.74, 6) is 0. The molecular weight excluding hydrogens is 244 g/mol. The molecular formula is C15H25ClN2. The fourth-order valence-corrected chi connectivity index (χ4v) is 2.22. The molecule has 0 saturated heterocycles. The summed E-state index contributed by atoms with van der Waals surface area (Å²) in [4.78, 5) is 2.43. The first-order valence-electron chi connectivity index (χ1n) is 6.96. The Morgan fingerprint density at radius 3 is 2.17 bits per heavy atom. The van der Waals surface area contributed by atoms with Crippen LogP contribution in [-0.2, 0) is 6.54 Å². The van der Waals surface area contributed by atoms with Crippen LogP contribution in [0.15, 0.2) is 18.2 Å². The summed E-state index contributed by atoms with van der Waals surface area (Å²) < 4.78 is 0. The lowest BCUT2D eigenvalue weighted by atomic mass is 10.1. The number of anilines is 1. The Labute approximate surface area is 116 Å². The highest BCUT2D eigenvalue weighted by atomic mass is 35.5. The van der Waals surface area contributed by atoms with Crippen LogP contribution in [0.2, 0.25) is 5.02 Å². The molecule has 0 bridgehead atoms. The lowest BCUT2D eigenvalue weighted by Crippen LogP contribution is -2.25. The molecule has 18 heavy (non-hydrogen) atoms. The number of hydrogen-bond acceptors (Lipinski definition) is 2. The molecule has 102 valence electrons. The fraction of sp³-hybridized carbons (Fsp3) is 0.600. The second kappa shape index (κ2) is 8.39. The molecule has 0 heterocycles. The van der Waals surface area contributed by atoms with E-state index in [-0.39, 0.29) is 0 Å². The van der Waals surface area contributed by atoms with E-state index in [1.807, 2.05) is 6.07 Å². The average molecular weight is 269 g/mol. The highest BCUT2D eigenvalue weighted by Gasteiger charge is 2.07. The first-order chi connectivity index (χ1) is 8.72. The van der Waals surface area contributed by atoms with Crippen LogP contribution in [-0.4, -0.2) is 13.1 Å². The van der Waals surface area contributed by atoms with E-state index in [0.29, 0.717) is 6.54 Å². The zero-order chi connectivity index (χ0) is 13.4. The highest BCUT2D eigenvalue weighted by Crippen LogP contribution is 2.24. The number of benzene rings is 1. The van der Waals surface area contributed by atoms with Gasteiger partial charge in [0.25, 0.3) is 0 Å². The Hall–Kier alpha value is -0.730. The standard InChI is InChI=1S/C15H25ClN2/c1-3-5-9-18(10-6-4-2)14-8-7-13(12-17)15(16)11-14/h7-8,11H,3-6,9-10,12,17H2,1-2H3. The molecule has 0 atom stereocenters. The van der Waals surface area contributed by atoms with Gasteiger partial charge in [0.05, 0.1) is 0 Å². The van der Waals surface area contributed by atoms with Gasteiger partial charge in [-0.15, -0.1) is 0 Å². The van der Waals surface area contributed by atoms with E-state index in [4.69, 9.17) is 17.3 Å². The Balaban J connectivity index is 2.79. The van der Waals surface area contributed by atoms with E-state index in [1.54, 1.807) is 0 Å². The Bertz CT molecular complexity index is 344. The van der Waals surface area contributed by atoms with Gasteiger partial charge >= 0.3 is 0 Å². The van der Waals surface area contributed by atoms with Crippen molar-refractivity contribution < 1.29 is 0 Å². The van der Waals surface area contributed by atoms with Crippen molar-refractivity contribution >= 4 is 17.3 Å². The van der Waals surface area contributed by atoms with Crippen molar-refractivity contribution in [2.75, 3.05) is 18.0 Å². The van der Waals surface area contributed by atoms with E-state index in [1.165, 1.54) is 31.4 Å². The molecule has 2 N–H and O–H groups in total. The zero-order valence-corrected chi connectivity index (χ0v) is 12.3. The predicted molar refractivity (Wildman–Crippen MR) is 81.4 cm³/mol. The number of unbranched alkanes of at least 4 members (excludes halogenated alkanes) is 2. The molecule has 1 rings (SSSR count). The maximum atomic E-state index is 6.24. The molecule has 0 saturated carbocycles. The van der Waals surface area contributed by atoms with Crippen molar-refractivity contribution in [3.8, 4) is 0 Å². The van der Waals surface area contributed by atoms with Gasteiger partial charge in [0.2, 0.25) is 0 Å². The highest BCUT2D eigenvalue weighted by molar-refractivity contribution is 6.31. The SMILES string of the molecule is CCCCN(CCCC)c1ccc(CN)c(Cl)c1. The third-order valence-electron chi connectivity index (χ3n) is 3.18. The normalized spacial score (nSPS) is 10.7. The van der Waals surface area contributed by atoms with E-state index in [2.05, 4.69) is 30.9 Å². The predicted octanol–water partition coefficient (Wildman–Crippen LogP) is 4.21. The molecule has 0 fully saturated rings. The maximum absolute atomic E-state index is 6.24. The van der Waals surface area contributed by atoms with Crippen molar-refractivity contribution in [2.45, 2.75) is 46.1 Å². The third kappa shape index (κ3) is 4.51. The zero-order valence-electron chi connectivity index (χ0n) is 11.6. The molecule has 0 aliphatic carbocycles. The maximum Gasteiger partial charge on any atom is 0.0471 e. The van der Waals surface area contributed by atoms with Crippen LogP contribution in [0.4, 0.5) is 5.69 Å². The summed E-state index contributed by atoms with van der Waals surface area (Å²) in [7, 11) is 0. The van der Waals surface area contributed by atoms with Gasteiger partial charge in [-0.2, -0.15) is 0 Å². The molecule has 0 aliphatic heterocycles. The molecule has 0 radical (unpaired) electrons. The number of nitrogens with zero attached hydrogens (tertiary/aromatic N) is 1. The fourth-order valence-electron chi connectivity index (χ4n) is 1.97. The van der Waals surface area contributed by atoms with Crippen LogP contribution >= 0.6 is 11.6 Å². The molecule has 0 spiro atoms. The molecule has 1 aromatic rings. The molecule has 0 aliphatic rings. The van der Waals surface area contributed by atoms with E-state index in [0.717, 1.165) is 23.7 Å². The van der Waals surface area contributed by atoms with Gasteiger partial charge in [-0.1, -0.05) is 44.4 Å². The van der Waals surface area contributed by atoms with Crippen LogP contribution in [0.1, 0.15) is 45.1 Å². The minimum atomic E-state index is 0.503. The van der Waals surface area contributed by atoms with Crippen molar-refractivity contribution in [3.63, 3.8) is 0 Å². The van der Waals surface area contributed by atoms with Gasteiger partial charge in [0.15, 0.2) is 0 Å². The molecule has 0 amide bonds. The minimum absolute atomic E-state index is 0.503. The van der Waals surface area contributed by atoms with Crippen LogP contribution in [0.3, 0.4) is 0 Å². The topological polar surface area (TPSA) is 29.3 Å². The number of nitrogens with two attached hydrogens (primary N) is 1. The second-order valence-electron chi connectivity index (χ2n) is 4.67. The van der Waals surface area contributed by atoms with Crippen LogP contribution in [0.25, 0.3) is 0 Å². The number of hydrogen-bond donors (Lipinski definition) is 1. The van der Waals surface area contributed by atoms with Crippen LogP contribution < -0.4 is 10.6 Å². The van der Waals surface area contributed by atoms with Crippen LogP contribution in [0.5, 0.6) is 0 Å². The Morgan fingerprint density at radius 1 is 1.11 bits per heavy atom. The van der Waals surface area contributed by atoms with Gasteiger partial charge in [-0.25, -0.2) is 0 Å². The number of rotatable bonds is 8. The monoisotopic (exact) mass is 268 g/mol. The summed E-state index contributed by atoms with van der Waals surface area (Å²) in [6.07, 6.45) is 4.88. The van der Waals surface area contributed by atoms with Gasteiger partial charge < -0.3 is 10.6 Å². The van der Waals surface area contributed by atoms with E-state index in [9.17, 15) is 0 Å². The summed E-state index contributed by atoms with van der Waals surface area (Å²) in [5.41, 5.74) is 7.88. The van der Waals surface area contributed by atoms with Gasteiger partial charge in [-0.05, 0) is 30.5 Å². The molecule has 3 heteroatoms. The first kappa shape index (κ1) is 15.3. The summed E-state index contributed by atoms with van der Waals surface area (Å²) >= 11 is 6.24. The van der Waals surface area contributed by atoms with Crippen molar-refractivity contribution in [1.82, 2.24) is 0 Å². The third-order valence-corrected chi connectivity index (χ3v) is 3.54. The molecule has 1 aromatic carbocycles. The minimum Gasteiger partial charge on any atom is -0.371 e. The van der Waals surface area contributed by atoms with E-state index < -0.39 is 0 Å². The Kier molecular flexibility index (Phi) is 7.14. The molecule has 0 aromatic heterocycles.